The van der Waals surface area contributed by atoms with Crippen molar-refractivity contribution in [2.75, 3.05) is 12.4 Å². The van der Waals surface area contributed by atoms with Crippen LogP contribution in [0.2, 0.25) is 0 Å². The van der Waals surface area contributed by atoms with E-state index in [9.17, 15) is 13.2 Å². The van der Waals surface area contributed by atoms with Crippen molar-refractivity contribution in [1.82, 2.24) is 15.0 Å². The van der Waals surface area contributed by atoms with Crippen LogP contribution in [0.3, 0.4) is 0 Å². The van der Waals surface area contributed by atoms with E-state index in [1.807, 2.05) is 0 Å². The number of fused-ring (bicyclic) bond motifs is 1. The molecule has 0 aliphatic heterocycles. The van der Waals surface area contributed by atoms with Crippen molar-refractivity contribution in [3.63, 3.8) is 0 Å². The number of hydrogen-bond donors (Lipinski definition) is 2. The van der Waals surface area contributed by atoms with E-state index in [4.69, 9.17) is 0 Å². The highest BCUT2D eigenvalue weighted by Gasteiger charge is 2.29. The summed E-state index contributed by atoms with van der Waals surface area (Å²) < 4.78 is 36.4. The van der Waals surface area contributed by atoms with Crippen molar-refractivity contribution in [3.05, 3.63) is 18.0 Å². The number of anilines is 1. The molecule has 16 heavy (non-hydrogen) atoms. The fourth-order valence-electron chi connectivity index (χ4n) is 1.36. The minimum atomic E-state index is -4.26. The molecule has 0 atom stereocenters. The lowest BCUT2D eigenvalue weighted by molar-refractivity contribution is -0.128. The van der Waals surface area contributed by atoms with Gasteiger partial charge in [-0.25, -0.2) is 9.97 Å². The number of aromatic amines is 1. The topological polar surface area (TPSA) is 53.6 Å². The van der Waals surface area contributed by atoms with Crippen LogP contribution in [0.5, 0.6) is 0 Å². The van der Waals surface area contributed by atoms with Crippen LogP contribution in [-0.2, 0) is 6.42 Å². The molecule has 0 amide bonds. The van der Waals surface area contributed by atoms with Crippen LogP contribution in [0.25, 0.3) is 11.2 Å². The van der Waals surface area contributed by atoms with Crippen molar-refractivity contribution in [3.8, 4) is 0 Å². The molecule has 0 fully saturated rings. The monoisotopic (exact) mass is 230 g/mol. The largest absolute Gasteiger partial charge is 0.396 e. The predicted molar refractivity (Wildman–Crippen MR) is 53.2 cm³/mol. The zero-order valence-electron chi connectivity index (χ0n) is 8.39. The summed E-state index contributed by atoms with van der Waals surface area (Å²) in [5, 5.41) is 2.79. The van der Waals surface area contributed by atoms with E-state index in [2.05, 4.69) is 20.3 Å². The molecule has 2 aromatic heterocycles. The van der Waals surface area contributed by atoms with E-state index < -0.39 is 12.6 Å². The maximum Gasteiger partial charge on any atom is 0.396 e. The van der Waals surface area contributed by atoms with Crippen LogP contribution in [0.15, 0.2) is 12.1 Å². The number of aromatic nitrogens is 3. The van der Waals surface area contributed by atoms with Crippen molar-refractivity contribution in [2.45, 2.75) is 12.6 Å². The Bertz CT molecular complexity index is 503. The molecule has 2 N–H and O–H groups in total. The zero-order valence-corrected chi connectivity index (χ0v) is 8.39. The fraction of sp³-hybridized carbons (Fsp3) is 0.333. The number of nitrogens with zero attached hydrogens (tertiary/aromatic N) is 2. The lowest BCUT2D eigenvalue weighted by atomic mass is 10.4. The molecule has 0 spiro atoms. The number of alkyl halides is 3. The first-order valence-electron chi connectivity index (χ1n) is 4.58. The van der Waals surface area contributed by atoms with E-state index >= 15 is 0 Å². The summed E-state index contributed by atoms with van der Waals surface area (Å²) in [5.74, 6) is 0.445. The molecule has 2 rings (SSSR count). The normalized spacial score (nSPS) is 12.0. The molecule has 0 saturated heterocycles. The van der Waals surface area contributed by atoms with Crippen LogP contribution in [0, 0.1) is 0 Å². The Morgan fingerprint density at radius 1 is 1.31 bits per heavy atom. The first kappa shape index (κ1) is 10.7. The molecule has 0 saturated carbocycles. The van der Waals surface area contributed by atoms with Gasteiger partial charge in [0.1, 0.15) is 18.1 Å². The van der Waals surface area contributed by atoms with Crippen LogP contribution < -0.4 is 5.32 Å². The van der Waals surface area contributed by atoms with Crippen LogP contribution in [-0.4, -0.2) is 28.2 Å². The summed E-state index contributed by atoms with van der Waals surface area (Å²) in [6.45, 7) is 0. The van der Waals surface area contributed by atoms with E-state index in [1.165, 1.54) is 0 Å². The first-order valence-corrected chi connectivity index (χ1v) is 4.58. The average Bonchev–Trinajstić information content (AvgIpc) is 2.55. The predicted octanol–water partition coefficient (Wildman–Crippen LogP) is 2.10. The summed E-state index contributed by atoms with van der Waals surface area (Å²) in [5.41, 5.74) is 0.782. The summed E-state index contributed by atoms with van der Waals surface area (Å²) in [6, 6.07) is 3.30. The molecular formula is C9H9F3N4. The van der Waals surface area contributed by atoms with Crippen molar-refractivity contribution < 1.29 is 13.2 Å². The van der Waals surface area contributed by atoms with Crippen molar-refractivity contribution >= 4 is 17.0 Å². The molecule has 0 unspecified atom stereocenters. The molecule has 0 radical (unpaired) electrons. The maximum absolute atomic E-state index is 12.1. The Labute approximate surface area is 88.9 Å². The van der Waals surface area contributed by atoms with Gasteiger partial charge in [0, 0.05) is 7.05 Å². The fourth-order valence-corrected chi connectivity index (χ4v) is 1.36. The average molecular weight is 230 g/mol. The maximum atomic E-state index is 12.1. The summed E-state index contributed by atoms with van der Waals surface area (Å²) >= 11 is 0. The molecule has 0 aliphatic rings. The number of rotatable bonds is 2. The van der Waals surface area contributed by atoms with Gasteiger partial charge in [-0.15, -0.1) is 0 Å². The number of imidazole rings is 1. The minimum Gasteiger partial charge on any atom is -0.373 e. The lowest BCUT2D eigenvalue weighted by Crippen LogP contribution is -2.12. The summed E-state index contributed by atoms with van der Waals surface area (Å²) in [4.78, 5) is 10.4. The van der Waals surface area contributed by atoms with E-state index in [0.717, 1.165) is 0 Å². The van der Waals surface area contributed by atoms with Crippen molar-refractivity contribution in [2.24, 2.45) is 0 Å². The highest BCUT2D eigenvalue weighted by molar-refractivity contribution is 5.72. The minimum absolute atomic E-state index is 0.122. The highest BCUT2D eigenvalue weighted by Crippen LogP contribution is 2.21. The zero-order chi connectivity index (χ0) is 11.8. The van der Waals surface area contributed by atoms with Crippen LogP contribution in [0.4, 0.5) is 19.0 Å². The Hall–Kier alpha value is -1.79. The SMILES string of the molecule is CNc1ccc2[nH]c(CC(F)(F)F)nc2n1. The standard InChI is InChI=1S/C9H9F3N4/c1-13-6-3-2-5-8(15-6)16-7(14-5)4-9(10,11)12/h2-3H,4H2,1H3,(H2,13,14,15,16). The first-order chi connectivity index (χ1) is 7.48. The number of H-pyrrole nitrogens is 1. The lowest BCUT2D eigenvalue weighted by Gasteiger charge is -2.01. The molecule has 2 aromatic rings. The third kappa shape index (κ3) is 2.23. The third-order valence-corrected chi connectivity index (χ3v) is 2.02. The van der Waals surface area contributed by atoms with Gasteiger partial charge < -0.3 is 10.3 Å². The quantitative estimate of drug-likeness (QED) is 0.830. The smallest absolute Gasteiger partial charge is 0.373 e. The summed E-state index contributed by atoms with van der Waals surface area (Å²) in [6.07, 6.45) is -5.34. The molecule has 2 heterocycles. The summed E-state index contributed by atoms with van der Waals surface area (Å²) in [7, 11) is 1.68. The highest BCUT2D eigenvalue weighted by atomic mass is 19.4. The number of pyridine rings is 1. The van der Waals surface area contributed by atoms with Gasteiger partial charge in [0.15, 0.2) is 5.65 Å². The van der Waals surface area contributed by atoms with Gasteiger partial charge in [0.05, 0.1) is 5.52 Å². The molecule has 7 heteroatoms. The van der Waals surface area contributed by atoms with Crippen LogP contribution >= 0.6 is 0 Å². The Morgan fingerprint density at radius 2 is 2.06 bits per heavy atom. The van der Waals surface area contributed by atoms with Crippen molar-refractivity contribution in [1.29, 1.82) is 0 Å². The van der Waals surface area contributed by atoms with E-state index in [0.29, 0.717) is 11.3 Å². The van der Waals surface area contributed by atoms with Gasteiger partial charge in [-0.3, -0.25) is 0 Å². The molecule has 0 aliphatic carbocycles. The Morgan fingerprint density at radius 3 is 2.69 bits per heavy atom. The Kier molecular flexibility index (Phi) is 2.45. The van der Waals surface area contributed by atoms with Gasteiger partial charge in [0.25, 0.3) is 0 Å². The van der Waals surface area contributed by atoms with E-state index in [-0.39, 0.29) is 11.5 Å². The van der Waals surface area contributed by atoms with Gasteiger partial charge in [-0.2, -0.15) is 13.2 Å². The van der Waals surface area contributed by atoms with Gasteiger partial charge in [-0.05, 0) is 12.1 Å². The number of nitrogens with one attached hydrogen (secondary N) is 2. The second kappa shape index (κ2) is 3.66. The van der Waals surface area contributed by atoms with Gasteiger partial charge in [-0.1, -0.05) is 0 Å². The second-order valence-corrected chi connectivity index (χ2v) is 3.29. The van der Waals surface area contributed by atoms with E-state index in [1.54, 1.807) is 19.2 Å². The number of halogens is 3. The molecular weight excluding hydrogens is 221 g/mol. The Balaban J connectivity index is 2.36. The third-order valence-electron chi connectivity index (χ3n) is 2.02. The molecule has 0 aromatic carbocycles. The number of hydrogen-bond acceptors (Lipinski definition) is 3. The van der Waals surface area contributed by atoms with Gasteiger partial charge >= 0.3 is 6.18 Å². The molecule has 0 bridgehead atoms. The molecule has 4 nitrogen and oxygen atoms in total. The van der Waals surface area contributed by atoms with Crippen LogP contribution in [0.1, 0.15) is 5.82 Å². The molecule has 86 valence electrons. The second-order valence-electron chi connectivity index (χ2n) is 3.29. The van der Waals surface area contributed by atoms with Gasteiger partial charge in [0.2, 0.25) is 0 Å².